The van der Waals surface area contributed by atoms with E-state index >= 15 is 0 Å². The van der Waals surface area contributed by atoms with Gasteiger partial charge in [-0.25, -0.2) is 0 Å². The van der Waals surface area contributed by atoms with Crippen LogP contribution in [0.2, 0.25) is 0 Å². The summed E-state index contributed by atoms with van der Waals surface area (Å²) in [6.07, 6.45) is 1.96. The standard InChI is InChI=1S/C12H26N2O2/c1-11-9-14(10-12(2)16-11)7-4-5-13-6-8-15-3/h11-13H,4-10H2,1-3H3/t11-,12+. The minimum Gasteiger partial charge on any atom is -0.383 e. The van der Waals surface area contributed by atoms with Crippen molar-refractivity contribution in [3.05, 3.63) is 0 Å². The molecule has 1 aliphatic rings. The molecule has 1 N–H and O–H groups in total. The molecule has 1 saturated heterocycles. The lowest BCUT2D eigenvalue weighted by Gasteiger charge is -2.35. The van der Waals surface area contributed by atoms with Gasteiger partial charge in [0.15, 0.2) is 0 Å². The van der Waals surface area contributed by atoms with Crippen LogP contribution in [0.15, 0.2) is 0 Å². The molecule has 0 radical (unpaired) electrons. The van der Waals surface area contributed by atoms with Crippen LogP contribution in [0.25, 0.3) is 0 Å². The number of hydrogen-bond acceptors (Lipinski definition) is 4. The van der Waals surface area contributed by atoms with Gasteiger partial charge in [-0.1, -0.05) is 0 Å². The number of ether oxygens (including phenoxy) is 2. The highest BCUT2D eigenvalue weighted by atomic mass is 16.5. The fourth-order valence-corrected chi connectivity index (χ4v) is 2.19. The van der Waals surface area contributed by atoms with Gasteiger partial charge in [-0.15, -0.1) is 0 Å². The maximum Gasteiger partial charge on any atom is 0.0678 e. The highest BCUT2D eigenvalue weighted by Gasteiger charge is 2.21. The summed E-state index contributed by atoms with van der Waals surface area (Å²) in [6, 6.07) is 0. The minimum absolute atomic E-state index is 0.380. The van der Waals surface area contributed by atoms with Crippen molar-refractivity contribution >= 4 is 0 Å². The molecule has 4 nitrogen and oxygen atoms in total. The average molecular weight is 230 g/mol. The minimum atomic E-state index is 0.380. The molecule has 1 aliphatic heterocycles. The summed E-state index contributed by atoms with van der Waals surface area (Å²) >= 11 is 0. The number of methoxy groups -OCH3 is 1. The van der Waals surface area contributed by atoms with Crippen LogP contribution in [0.1, 0.15) is 20.3 Å². The van der Waals surface area contributed by atoms with Crippen LogP contribution in [0.3, 0.4) is 0 Å². The Labute approximate surface area is 99.3 Å². The summed E-state index contributed by atoms with van der Waals surface area (Å²) in [4.78, 5) is 2.50. The molecule has 4 heteroatoms. The number of nitrogens with one attached hydrogen (secondary N) is 1. The van der Waals surface area contributed by atoms with Crippen molar-refractivity contribution in [3.63, 3.8) is 0 Å². The first kappa shape index (κ1) is 13.9. The van der Waals surface area contributed by atoms with Crippen LogP contribution in [0.4, 0.5) is 0 Å². The molecule has 0 spiro atoms. The van der Waals surface area contributed by atoms with Crippen molar-refractivity contribution in [2.24, 2.45) is 0 Å². The second-order valence-electron chi connectivity index (χ2n) is 4.61. The van der Waals surface area contributed by atoms with E-state index in [-0.39, 0.29) is 0 Å². The van der Waals surface area contributed by atoms with Crippen LogP contribution in [-0.2, 0) is 9.47 Å². The van der Waals surface area contributed by atoms with Crippen LogP contribution < -0.4 is 5.32 Å². The van der Waals surface area contributed by atoms with Crippen LogP contribution in [0.5, 0.6) is 0 Å². The van der Waals surface area contributed by atoms with Gasteiger partial charge in [0, 0.05) is 26.7 Å². The highest BCUT2D eigenvalue weighted by Crippen LogP contribution is 2.10. The summed E-state index contributed by atoms with van der Waals surface area (Å²) < 4.78 is 10.7. The van der Waals surface area contributed by atoms with Gasteiger partial charge in [-0.3, -0.25) is 4.90 Å². The predicted octanol–water partition coefficient (Wildman–Crippen LogP) is 0.722. The van der Waals surface area contributed by atoms with Gasteiger partial charge in [0.2, 0.25) is 0 Å². The molecule has 0 bridgehead atoms. The van der Waals surface area contributed by atoms with Gasteiger partial charge < -0.3 is 14.8 Å². The third-order valence-electron chi connectivity index (χ3n) is 2.81. The van der Waals surface area contributed by atoms with Gasteiger partial charge in [0.1, 0.15) is 0 Å². The monoisotopic (exact) mass is 230 g/mol. The van der Waals surface area contributed by atoms with E-state index in [0.717, 1.165) is 39.3 Å². The quantitative estimate of drug-likeness (QED) is 0.654. The lowest BCUT2D eigenvalue weighted by molar-refractivity contribution is -0.0680. The van der Waals surface area contributed by atoms with E-state index in [2.05, 4.69) is 24.1 Å². The number of nitrogens with zero attached hydrogens (tertiary/aromatic N) is 1. The molecule has 0 aliphatic carbocycles. The summed E-state index contributed by atoms with van der Waals surface area (Å²) in [5.41, 5.74) is 0. The maximum atomic E-state index is 5.70. The molecule has 96 valence electrons. The van der Waals surface area contributed by atoms with Crippen molar-refractivity contribution in [1.82, 2.24) is 10.2 Å². The molecule has 1 rings (SSSR count). The van der Waals surface area contributed by atoms with Crippen LogP contribution >= 0.6 is 0 Å². The zero-order valence-electron chi connectivity index (χ0n) is 10.9. The number of hydrogen-bond donors (Lipinski definition) is 1. The Kier molecular flexibility index (Phi) is 6.96. The lowest BCUT2D eigenvalue weighted by Crippen LogP contribution is -2.46. The van der Waals surface area contributed by atoms with E-state index in [9.17, 15) is 0 Å². The first-order valence-corrected chi connectivity index (χ1v) is 6.30. The van der Waals surface area contributed by atoms with E-state index in [0.29, 0.717) is 12.2 Å². The van der Waals surface area contributed by atoms with E-state index in [1.54, 1.807) is 7.11 Å². The number of morpholine rings is 1. The zero-order valence-corrected chi connectivity index (χ0v) is 10.9. The van der Waals surface area contributed by atoms with Crippen molar-refractivity contribution < 1.29 is 9.47 Å². The summed E-state index contributed by atoms with van der Waals surface area (Å²) in [7, 11) is 1.73. The molecule has 0 aromatic heterocycles. The first-order valence-electron chi connectivity index (χ1n) is 6.30. The van der Waals surface area contributed by atoms with Gasteiger partial charge in [-0.05, 0) is 33.4 Å². The smallest absolute Gasteiger partial charge is 0.0678 e. The molecule has 0 saturated carbocycles. The Hall–Kier alpha value is -0.160. The average Bonchev–Trinajstić information content (AvgIpc) is 2.22. The molecular formula is C12H26N2O2. The van der Waals surface area contributed by atoms with Crippen molar-refractivity contribution in [2.75, 3.05) is 46.4 Å². The SMILES string of the molecule is COCCNCCCN1C[C@@H](C)O[C@@H](C)C1. The van der Waals surface area contributed by atoms with Crippen molar-refractivity contribution in [3.8, 4) is 0 Å². The Morgan fingerprint density at radius 3 is 2.56 bits per heavy atom. The molecule has 16 heavy (non-hydrogen) atoms. The molecule has 0 aromatic rings. The van der Waals surface area contributed by atoms with E-state index in [1.807, 2.05) is 0 Å². The maximum absolute atomic E-state index is 5.70. The van der Waals surface area contributed by atoms with Gasteiger partial charge in [0.05, 0.1) is 18.8 Å². The highest BCUT2D eigenvalue weighted by molar-refractivity contribution is 4.73. The van der Waals surface area contributed by atoms with E-state index in [1.165, 1.54) is 6.42 Å². The van der Waals surface area contributed by atoms with Crippen LogP contribution in [-0.4, -0.2) is 63.5 Å². The molecule has 0 amide bonds. The Bertz CT molecular complexity index is 168. The zero-order chi connectivity index (χ0) is 11.8. The van der Waals surface area contributed by atoms with Crippen molar-refractivity contribution in [1.29, 1.82) is 0 Å². The topological polar surface area (TPSA) is 33.7 Å². The van der Waals surface area contributed by atoms with E-state index < -0.39 is 0 Å². The second kappa shape index (κ2) is 8.01. The third kappa shape index (κ3) is 5.80. The predicted molar refractivity (Wildman–Crippen MR) is 65.8 cm³/mol. The molecule has 1 heterocycles. The fraction of sp³-hybridized carbons (Fsp3) is 1.00. The van der Waals surface area contributed by atoms with Crippen LogP contribution in [0, 0.1) is 0 Å². The summed E-state index contributed by atoms with van der Waals surface area (Å²) in [5.74, 6) is 0. The Balaban J connectivity index is 1.99. The van der Waals surface area contributed by atoms with Gasteiger partial charge in [0.25, 0.3) is 0 Å². The molecular weight excluding hydrogens is 204 g/mol. The molecule has 0 unspecified atom stereocenters. The summed E-state index contributed by atoms with van der Waals surface area (Å²) in [6.45, 7) is 10.4. The van der Waals surface area contributed by atoms with E-state index in [4.69, 9.17) is 9.47 Å². The van der Waals surface area contributed by atoms with Crippen molar-refractivity contribution in [2.45, 2.75) is 32.5 Å². The second-order valence-corrected chi connectivity index (χ2v) is 4.61. The van der Waals surface area contributed by atoms with Gasteiger partial charge in [-0.2, -0.15) is 0 Å². The molecule has 1 fully saturated rings. The fourth-order valence-electron chi connectivity index (χ4n) is 2.19. The molecule has 2 atom stereocenters. The largest absolute Gasteiger partial charge is 0.383 e. The first-order chi connectivity index (χ1) is 7.72. The van der Waals surface area contributed by atoms with Gasteiger partial charge >= 0.3 is 0 Å². The third-order valence-corrected chi connectivity index (χ3v) is 2.81. The summed E-state index contributed by atoms with van der Waals surface area (Å²) in [5, 5.41) is 3.37. The lowest BCUT2D eigenvalue weighted by atomic mass is 10.2. The molecule has 0 aromatic carbocycles. The normalized spacial score (nSPS) is 27.2. The number of rotatable bonds is 7. The Morgan fingerprint density at radius 1 is 1.25 bits per heavy atom. The Morgan fingerprint density at radius 2 is 1.94 bits per heavy atom.